The van der Waals surface area contributed by atoms with Crippen molar-refractivity contribution in [3.63, 3.8) is 0 Å². The number of rotatable bonds is 6. The zero-order valence-electron chi connectivity index (χ0n) is 38.4. The standard InChI is InChI=1S/C60H52N2O2/c1-33-15-34(2)20-49(19-33)61(50-21-35(3)16-36(4)22-50)47-13-11-43-29-53-55(31-45(43)27-47)63-59-57(53)41(9)42(10)58-54-30-44-12-14-48(28-46(44)32-56(54)64-60(58)59)62(51-23-37(5)17-38(6)24-51)52-25-39(7)18-40(8)26-52/h11-32H,1-10H3. The van der Waals surface area contributed by atoms with Gasteiger partial charge in [0.25, 0.3) is 0 Å². The molecule has 0 atom stereocenters. The molecule has 11 aromatic rings. The van der Waals surface area contributed by atoms with Gasteiger partial charge in [0.05, 0.1) is 0 Å². The fourth-order valence-electron chi connectivity index (χ4n) is 10.6. The van der Waals surface area contributed by atoms with Gasteiger partial charge in [-0.1, -0.05) is 36.4 Å². The van der Waals surface area contributed by atoms with Crippen molar-refractivity contribution in [1.82, 2.24) is 0 Å². The zero-order valence-corrected chi connectivity index (χ0v) is 38.4. The zero-order chi connectivity index (χ0) is 44.3. The minimum Gasteiger partial charge on any atom is -0.452 e. The average Bonchev–Trinajstić information content (AvgIpc) is 3.78. The van der Waals surface area contributed by atoms with Gasteiger partial charge in [-0.2, -0.15) is 0 Å². The summed E-state index contributed by atoms with van der Waals surface area (Å²) in [5, 5.41) is 9.01. The fraction of sp³-hybridized carbons (Fsp3) is 0.167. The predicted octanol–water partition coefficient (Wildman–Crippen LogP) is 17.8. The van der Waals surface area contributed by atoms with E-state index in [2.05, 4.69) is 212 Å². The van der Waals surface area contributed by atoms with Gasteiger partial charge < -0.3 is 18.6 Å². The first kappa shape index (κ1) is 39.5. The van der Waals surface area contributed by atoms with E-state index in [4.69, 9.17) is 8.83 Å². The van der Waals surface area contributed by atoms with Crippen molar-refractivity contribution in [2.24, 2.45) is 0 Å². The Kier molecular flexibility index (Phi) is 9.04. The third kappa shape index (κ3) is 6.59. The Hall–Kier alpha value is -7.30. The van der Waals surface area contributed by atoms with Crippen LogP contribution in [-0.2, 0) is 0 Å². The molecule has 0 saturated carbocycles. The molecular weight excluding hydrogens is 781 g/mol. The molecule has 0 N–H and O–H groups in total. The highest BCUT2D eigenvalue weighted by atomic mass is 16.4. The highest BCUT2D eigenvalue weighted by Gasteiger charge is 2.23. The Labute approximate surface area is 375 Å². The number of hydrogen-bond donors (Lipinski definition) is 0. The summed E-state index contributed by atoms with van der Waals surface area (Å²) in [4.78, 5) is 4.76. The number of furan rings is 2. The lowest BCUT2D eigenvalue weighted by molar-refractivity contribution is 0.633. The number of fused-ring (bicyclic) bond motifs is 9. The Morgan fingerprint density at radius 2 is 0.578 bits per heavy atom. The monoisotopic (exact) mass is 832 g/mol. The summed E-state index contributed by atoms with van der Waals surface area (Å²) >= 11 is 0. The van der Waals surface area contributed by atoms with Gasteiger partial charge in [0.15, 0.2) is 11.2 Å². The van der Waals surface area contributed by atoms with E-state index in [1.54, 1.807) is 0 Å². The van der Waals surface area contributed by atoms with E-state index in [1.165, 1.54) is 66.4 Å². The molecule has 0 bridgehead atoms. The van der Waals surface area contributed by atoms with Gasteiger partial charge in [0.2, 0.25) is 0 Å². The van der Waals surface area contributed by atoms with E-state index in [1.807, 2.05) is 0 Å². The minimum absolute atomic E-state index is 0.799. The average molecular weight is 833 g/mol. The number of benzene rings is 9. The minimum atomic E-state index is 0.799. The second kappa shape index (κ2) is 14.6. The first-order valence-electron chi connectivity index (χ1n) is 22.4. The molecule has 0 unspecified atom stereocenters. The van der Waals surface area contributed by atoms with Crippen LogP contribution in [0.15, 0.2) is 142 Å². The van der Waals surface area contributed by atoms with E-state index in [-0.39, 0.29) is 0 Å². The lowest BCUT2D eigenvalue weighted by Gasteiger charge is -2.27. The van der Waals surface area contributed by atoms with Crippen molar-refractivity contribution in [2.75, 3.05) is 9.80 Å². The lowest BCUT2D eigenvalue weighted by Crippen LogP contribution is -2.11. The van der Waals surface area contributed by atoms with Crippen molar-refractivity contribution in [2.45, 2.75) is 69.2 Å². The molecule has 0 saturated heterocycles. The van der Waals surface area contributed by atoms with Crippen molar-refractivity contribution < 1.29 is 8.83 Å². The molecule has 4 nitrogen and oxygen atoms in total. The normalized spacial score (nSPS) is 11.9. The second-order valence-electron chi connectivity index (χ2n) is 18.7. The summed E-state index contributed by atoms with van der Waals surface area (Å²) in [7, 11) is 0. The van der Waals surface area contributed by atoms with Gasteiger partial charge in [0, 0.05) is 55.7 Å². The van der Waals surface area contributed by atoms with Crippen LogP contribution in [0.25, 0.3) is 65.4 Å². The van der Waals surface area contributed by atoms with Crippen molar-refractivity contribution in [3.05, 3.63) is 189 Å². The third-order valence-corrected chi connectivity index (χ3v) is 13.2. The molecule has 0 aliphatic carbocycles. The highest BCUT2D eigenvalue weighted by molar-refractivity contribution is 6.24. The quantitative estimate of drug-likeness (QED) is 0.167. The molecule has 0 radical (unpaired) electrons. The smallest absolute Gasteiger partial charge is 0.178 e. The lowest BCUT2D eigenvalue weighted by atomic mass is 9.96. The van der Waals surface area contributed by atoms with Crippen LogP contribution < -0.4 is 9.80 Å². The van der Waals surface area contributed by atoms with Crippen LogP contribution in [0.5, 0.6) is 0 Å². The summed E-state index contributed by atoms with van der Waals surface area (Å²) in [6.45, 7) is 21.8. The molecule has 0 fully saturated rings. The maximum absolute atomic E-state index is 6.94. The van der Waals surface area contributed by atoms with Gasteiger partial charge in [-0.15, -0.1) is 0 Å². The van der Waals surface area contributed by atoms with Crippen LogP contribution >= 0.6 is 0 Å². The van der Waals surface area contributed by atoms with Crippen LogP contribution in [0, 0.1) is 69.2 Å². The summed E-state index contributed by atoms with van der Waals surface area (Å²) in [5.74, 6) is 0. The SMILES string of the molecule is Cc1cc(C)cc(N(c2cc(C)cc(C)c2)c2ccc3cc4c(cc3c2)oc2c3oc5cc6cc(N(c7cc(C)cc(C)c7)c7cc(C)cc(C)c7)ccc6cc5c3c(C)c(C)c42)c1. The molecule has 9 aromatic carbocycles. The molecule has 4 heteroatoms. The van der Waals surface area contributed by atoms with Crippen LogP contribution in [0.1, 0.15) is 55.6 Å². The van der Waals surface area contributed by atoms with Crippen LogP contribution in [0.3, 0.4) is 0 Å². The Balaban J connectivity index is 1.07. The van der Waals surface area contributed by atoms with E-state index in [0.717, 1.165) is 88.8 Å². The first-order chi connectivity index (χ1) is 30.7. The molecular formula is C60H52N2O2. The molecule has 0 aliphatic rings. The van der Waals surface area contributed by atoms with E-state index in [9.17, 15) is 0 Å². The van der Waals surface area contributed by atoms with Crippen LogP contribution in [0.2, 0.25) is 0 Å². The number of hydrogen-bond acceptors (Lipinski definition) is 4. The first-order valence-corrected chi connectivity index (χ1v) is 22.4. The summed E-state index contributed by atoms with van der Waals surface area (Å²) in [6.07, 6.45) is 0. The van der Waals surface area contributed by atoms with Crippen LogP contribution in [-0.4, -0.2) is 0 Å². The molecule has 2 aromatic heterocycles. The highest BCUT2D eigenvalue weighted by Crippen LogP contribution is 2.46. The molecule has 0 amide bonds. The van der Waals surface area contributed by atoms with Gasteiger partial charge in [0.1, 0.15) is 11.2 Å². The van der Waals surface area contributed by atoms with Gasteiger partial charge >= 0.3 is 0 Å². The Morgan fingerprint density at radius 1 is 0.281 bits per heavy atom. The fourth-order valence-corrected chi connectivity index (χ4v) is 10.6. The van der Waals surface area contributed by atoms with E-state index < -0.39 is 0 Å². The molecule has 314 valence electrons. The number of aryl methyl sites for hydroxylation is 10. The second-order valence-corrected chi connectivity index (χ2v) is 18.7. The Morgan fingerprint density at radius 3 is 0.875 bits per heavy atom. The van der Waals surface area contributed by atoms with Gasteiger partial charge in [-0.05, 0) is 243 Å². The maximum Gasteiger partial charge on any atom is 0.178 e. The maximum atomic E-state index is 6.94. The molecule has 64 heavy (non-hydrogen) atoms. The van der Waals surface area contributed by atoms with Crippen molar-refractivity contribution >= 4 is 99.5 Å². The summed E-state index contributed by atoms with van der Waals surface area (Å²) in [5.41, 5.74) is 22.4. The number of nitrogens with zero attached hydrogens (tertiary/aromatic N) is 2. The summed E-state index contributed by atoms with van der Waals surface area (Å²) < 4.78 is 13.9. The van der Waals surface area contributed by atoms with E-state index in [0.29, 0.717) is 0 Å². The predicted molar refractivity (Wildman–Crippen MR) is 273 cm³/mol. The van der Waals surface area contributed by atoms with Gasteiger partial charge in [-0.25, -0.2) is 0 Å². The molecule has 11 rings (SSSR count). The van der Waals surface area contributed by atoms with E-state index >= 15 is 0 Å². The molecule has 0 aliphatic heterocycles. The van der Waals surface area contributed by atoms with Crippen molar-refractivity contribution in [3.8, 4) is 0 Å². The van der Waals surface area contributed by atoms with Crippen LogP contribution in [0.4, 0.5) is 34.1 Å². The molecule has 0 spiro atoms. The van der Waals surface area contributed by atoms with Crippen molar-refractivity contribution in [1.29, 1.82) is 0 Å². The summed E-state index contributed by atoms with van der Waals surface area (Å²) in [6, 6.07) is 49.8. The Bertz CT molecular complexity index is 3320. The number of anilines is 6. The topological polar surface area (TPSA) is 32.8 Å². The van der Waals surface area contributed by atoms with Gasteiger partial charge in [-0.3, -0.25) is 0 Å². The third-order valence-electron chi connectivity index (χ3n) is 13.2. The largest absolute Gasteiger partial charge is 0.452 e. The molecule has 2 heterocycles.